The number of carbonyl (C=O) groups excluding carboxylic acids is 2. The third kappa shape index (κ3) is 7.03. The summed E-state index contributed by atoms with van der Waals surface area (Å²) in [4.78, 5) is 29.0. The van der Waals surface area contributed by atoms with Crippen molar-refractivity contribution in [3.8, 4) is 11.5 Å². The highest BCUT2D eigenvalue weighted by atomic mass is 16.5. The number of piperazine rings is 1. The summed E-state index contributed by atoms with van der Waals surface area (Å²) in [6, 6.07) is 12.6. The molecule has 3 rings (SSSR count). The number of amides is 3. The summed E-state index contributed by atoms with van der Waals surface area (Å²) < 4.78 is 10.5. The fourth-order valence-electron chi connectivity index (χ4n) is 3.83. The highest BCUT2D eigenvalue weighted by molar-refractivity contribution is 6.00. The lowest BCUT2D eigenvalue weighted by molar-refractivity contribution is -0.131. The Morgan fingerprint density at radius 1 is 0.848 bits per heavy atom. The summed E-state index contributed by atoms with van der Waals surface area (Å²) in [5.74, 6) is 1.45. The summed E-state index contributed by atoms with van der Waals surface area (Å²) in [6.07, 6.45) is 3.86. The first-order chi connectivity index (χ1) is 16.0. The zero-order chi connectivity index (χ0) is 23.6. The number of nitrogens with zero attached hydrogens (tertiary/aromatic N) is 2. The minimum atomic E-state index is -0.353. The van der Waals surface area contributed by atoms with Crippen LogP contribution in [0.15, 0.2) is 42.5 Å². The van der Waals surface area contributed by atoms with Gasteiger partial charge in [-0.05, 0) is 30.7 Å². The Morgan fingerprint density at radius 2 is 1.45 bits per heavy atom. The first-order valence-electron chi connectivity index (χ1n) is 11.5. The van der Waals surface area contributed by atoms with Gasteiger partial charge in [0, 0.05) is 67.9 Å². The lowest BCUT2D eigenvalue weighted by Crippen LogP contribution is -2.48. The monoisotopic (exact) mass is 454 g/mol. The molecule has 8 nitrogen and oxygen atoms in total. The Morgan fingerprint density at radius 3 is 2.03 bits per heavy atom. The number of benzene rings is 2. The van der Waals surface area contributed by atoms with Crippen LogP contribution in [0, 0.1) is 0 Å². The first kappa shape index (κ1) is 24.2. The number of rotatable bonds is 9. The predicted octanol–water partition coefficient (Wildman–Crippen LogP) is 4.58. The van der Waals surface area contributed by atoms with Crippen molar-refractivity contribution in [1.29, 1.82) is 0 Å². The summed E-state index contributed by atoms with van der Waals surface area (Å²) in [5.41, 5.74) is 2.34. The number of urea groups is 1. The molecule has 2 N–H and O–H groups in total. The molecule has 0 bridgehead atoms. The van der Waals surface area contributed by atoms with Crippen molar-refractivity contribution in [2.24, 2.45) is 0 Å². The van der Waals surface area contributed by atoms with Crippen molar-refractivity contribution < 1.29 is 19.1 Å². The fraction of sp³-hybridized carbons (Fsp3) is 0.440. The lowest BCUT2D eigenvalue weighted by Gasteiger charge is -2.36. The van der Waals surface area contributed by atoms with Crippen molar-refractivity contribution in [3.63, 3.8) is 0 Å². The van der Waals surface area contributed by atoms with Crippen LogP contribution in [0.2, 0.25) is 0 Å². The molecular weight excluding hydrogens is 420 g/mol. The van der Waals surface area contributed by atoms with E-state index in [1.807, 2.05) is 29.2 Å². The topological polar surface area (TPSA) is 83.1 Å². The number of anilines is 3. The summed E-state index contributed by atoms with van der Waals surface area (Å²) in [7, 11) is 3.12. The van der Waals surface area contributed by atoms with Gasteiger partial charge in [-0.25, -0.2) is 4.79 Å². The van der Waals surface area contributed by atoms with Crippen LogP contribution in [0.5, 0.6) is 11.5 Å². The molecule has 0 radical (unpaired) electrons. The Labute approximate surface area is 195 Å². The molecule has 1 fully saturated rings. The zero-order valence-electron chi connectivity index (χ0n) is 19.7. The molecule has 2 aromatic rings. The second kappa shape index (κ2) is 12.0. The van der Waals surface area contributed by atoms with Crippen molar-refractivity contribution in [1.82, 2.24) is 4.90 Å². The second-order valence-corrected chi connectivity index (χ2v) is 8.05. The van der Waals surface area contributed by atoms with Gasteiger partial charge in [-0.1, -0.05) is 19.8 Å². The van der Waals surface area contributed by atoms with Crippen molar-refractivity contribution in [2.45, 2.75) is 32.6 Å². The van der Waals surface area contributed by atoms with Crippen LogP contribution >= 0.6 is 0 Å². The van der Waals surface area contributed by atoms with E-state index >= 15 is 0 Å². The van der Waals surface area contributed by atoms with Crippen LogP contribution in [0.25, 0.3) is 0 Å². The smallest absolute Gasteiger partial charge is 0.323 e. The normalized spacial score (nSPS) is 13.4. The van der Waals surface area contributed by atoms with E-state index in [4.69, 9.17) is 9.47 Å². The van der Waals surface area contributed by atoms with Crippen molar-refractivity contribution in [3.05, 3.63) is 42.5 Å². The van der Waals surface area contributed by atoms with Crippen molar-refractivity contribution >= 4 is 29.0 Å². The number of hydrogen-bond acceptors (Lipinski definition) is 5. The zero-order valence-corrected chi connectivity index (χ0v) is 19.7. The maximum atomic E-state index is 12.4. The number of unbranched alkanes of at least 4 members (excludes halogenated alkanes) is 2. The Balaban J connectivity index is 1.49. The highest BCUT2D eigenvalue weighted by Gasteiger charge is 2.20. The molecule has 0 aromatic heterocycles. The average Bonchev–Trinajstić information content (AvgIpc) is 2.84. The van der Waals surface area contributed by atoms with Gasteiger partial charge in [-0.15, -0.1) is 0 Å². The lowest BCUT2D eigenvalue weighted by atomic mass is 10.1. The van der Waals surface area contributed by atoms with E-state index < -0.39 is 0 Å². The van der Waals surface area contributed by atoms with E-state index in [-0.39, 0.29) is 11.9 Å². The summed E-state index contributed by atoms with van der Waals surface area (Å²) in [6.45, 7) is 5.26. The molecule has 0 atom stereocenters. The first-order valence-corrected chi connectivity index (χ1v) is 11.5. The van der Waals surface area contributed by atoms with Gasteiger partial charge in [0.05, 0.1) is 14.2 Å². The van der Waals surface area contributed by atoms with Crippen LogP contribution in [0.1, 0.15) is 32.6 Å². The SMILES string of the molecule is CCCCCC(=O)N1CCN(c2ccc(NC(=O)Nc3cc(OC)cc(OC)c3)cc2)CC1. The molecule has 0 aliphatic carbocycles. The van der Waals surface area contributed by atoms with Crippen LogP contribution < -0.4 is 25.0 Å². The van der Waals surface area contributed by atoms with Crippen LogP contribution in [0.4, 0.5) is 21.9 Å². The van der Waals surface area contributed by atoms with Gasteiger partial charge in [0.15, 0.2) is 0 Å². The van der Waals surface area contributed by atoms with Gasteiger partial charge in [-0.2, -0.15) is 0 Å². The molecule has 8 heteroatoms. The molecule has 1 aliphatic heterocycles. The number of ether oxygens (including phenoxy) is 2. The van der Waals surface area contributed by atoms with Gasteiger partial charge in [-0.3, -0.25) is 4.79 Å². The standard InChI is InChI=1S/C25H34N4O4/c1-4-5-6-7-24(30)29-14-12-28(13-15-29)21-10-8-19(9-11-21)26-25(31)27-20-16-22(32-2)18-23(17-20)33-3/h8-11,16-18H,4-7,12-15H2,1-3H3,(H2,26,27,31). The van der Waals surface area contributed by atoms with E-state index in [9.17, 15) is 9.59 Å². The minimum absolute atomic E-state index is 0.266. The average molecular weight is 455 g/mol. The molecule has 33 heavy (non-hydrogen) atoms. The number of methoxy groups -OCH3 is 2. The minimum Gasteiger partial charge on any atom is -0.497 e. The Hall–Kier alpha value is -3.42. The Bertz CT molecular complexity index is 902. The third-order valence-corrected chi connectivity index (χ3v) is 5.73. The van der Waals surface area contributed by atoms with Crippen LogP contribution in [-0.2, 0) is 4.79 Å². The summed E-state index contributed by atoms with van der Waals surface area (Å²) in [5, 5.41) is 5.63. The van der Waals surface area contributed by atoms with Crippen LogP contribution in [-0.4, -0.2) is 57.2 Å². The third-order valence-electron chi connectivity index (χ3n) is 5.73. The number of carbonyl (C=O) groups is 2. The molecule has 178 valence electrons. The van der Waals surface area contributed by atoms with Gasteiger partial charge >= 0.3 is 6.03 Å². The van der Waals surface area contributed by atoms with Gasteiger partial charge in [0.1, 0.15) is 11.5 Å². The van der Waals surface area contributed by atoms with E-state index in [0.717, 1.165) is 51.1 Å². The highest BCUT2D eigenvalue weighted by Crippen LogP contribution is 2.26. The van der Waals surface area contributed by atoms with E-state index in [0.29, 0.717) is 29.3 Å². The number of nitrogens with one attached hydrogen (secondary N) is 2. The van der Waals surface area contributed by atoms with Gasteiger partial charge < -0.3 is 29.9 Å². The molecule has 1 heterocycles. The van der Waals surface area contributed by atoms with Gasteiger partial charge in [0.2, 0.25) is 5.91 Å². The predicted molar refractivity (Wildman–Crippen MR) is 132 cm³/mol. The quantitative estimate of drug-likeness (QED) is 0.542. The molecule has 0 spiro atoms. The second-order valence-electron chi connectivity index (χ2n) is 8.05. The molecule has 0 unspecified atom stereocenters. The molecular formula is C25H34N4O4. The van der Waals surface area contributed by atoms with Crippen LogP contribution in [0.3, 0.4) is 0 Å². The molecule has 1 saturated heterocycles. The van der Waals surface area contributed by atoms with Crippen molar-refractivity contribution in [2.75, 3.05) is 55.9 Å². The molecule has 2 aromatic carbocycles. The maximum Gasteiger partial charge on any atom is 0.323 e. The van der Waals surface area contributed by atoms with Gasteiger partial charge in [0.25, 0.3) is 0 Å². The van der Waals surface area contributed by atoms with E-state index in [1.54, 1.807) is 32.4 Å². The largest absolute Gasteiger partial charge is 0.497 e. The molecule has 1 aliphatic rings. The van der Waals surface area contributed by atoms with E-state index in [2.05, 4.69) is 22.5 Å². The van der Waals surface area contributed by atoms with E-state index in [1.165, 1.54) is 0 Å². The molecule has 3 amide bonds. The summed E-state index contributed by atoms with van der Waals surface area (Å²) >= 11 is 0. The number of hydrogen-bond donors (Lipinski definition) is 2. The fourth-order valence-corrected chi connectivity index (χ4v) is 3.83. The Kier molecular flexibility index (Phi) is 8.80. The molecule has 0 saturated carbocycles. The maximum absolute atomic E-state index is 12.4.